The van der Waals surface area contributed by atoms with Gasteiger partial charge in [0.2, 0.25) is 5.60 Å². The number of fused-ring (bicyclic) bond motifs is 1. The minimum atomic E-state index is -1.66. The molecule has 3 N–H and O–H groups in total. The first-order valence-corrected chi connectivity index (χ1v) is 11.4. The molecule has 168 valence electrons. The van der Waals surface area contributed by atoms with Gasteiger partial charge < -0.3 is 20.6 Å². The zero-order valence-corrected chi connectivity index (χ0v) is 18.8. The van der Waals surface area contributed by atoms with Crippen LogP contribution < -0.4 is 10.6 Å². The zero-order chi connectivity index (χ0) is 23.2. The molecule has 0 saturated carbocycles. The summed E-state index contributed by atoms with van der Waals surface area (Å²) in [7, 11) is 1.65. The predicted octanol–water partition coefficient (Wildman–Crippen LogP) is 0.935. The molecule has 1 aromatic carbocycles. The lowest BCUT2D eigenvalue weighted by Crippen LogP contribution is -2.37. The number of amides is 2. The molecule has 9 nitrogen and oxygen atoms in total. The molecule has 33 heavy (non-hydrogen) atoms. The van der Waals surface area contributed by atoms with Crippen molar-refractivity contribution in [2.45, 2.75) is 25.0 Å². The highest BCUT2D eigenvalue weighted by molar-refractivity contribution is 7.13. The van der Waals surface area contributed by atoms with E-state index in [1.165, 1.54) is 4.90 Å². The minimum Gasteiger partial charge on any atom is -0.369 e. The maximum atomic E-state index is 12.2. The summed E-state index contributed by atoms with van der Waals surface area (Å²) < 4.78 is 1.74. The molecule has 3 aromatic rings. The summed E-state index contributed by atoms with van der Waals surface area (Å²) in [4.78, 5) is 32.3. The number of benzene rings is 1. The number of likely N-dealkylation sites (tertiary alicyclic amines) is 1. The molecular formula is C23H22N6O3S. The van der Waals surface area contributed by atoms with Gasteiger partial charge in [-0.05, 0) is 18.2 Å². The third-order valence-electron chi connectivity index (χ3n) is 5.99. The van der Waals surface area contributed by atoms with Crippen molar-refractivity contribution < 1.29 is 14.7 Å². The fourth-order valence-corrected chi connectivity index (χ4v) is 4.90. The van der Waals surface area contributed by atoms with Crippen molar-refractivity contribution in [3.63, 3.8) is 0 Å². The fraction of sp³-hybridized carbons (Fsp3) is 0.304. The second kappa shape index (κ2) is 8.03. The van der Waals surface area contributed by atoms with E-state index in [4.69, 9.17) is 5.73 Å². The smallest absolute Gasteiger partial charge is 0.269 e. The maximum Gasteiger partial charge on any atom is 0.269 e. The maximum absolute atomic E-state index is 12.2. The summed E-state index contributed by atoms with van der Waals surface area (Å²) in [5.74, 6) is 4.70. The summed E-state index contributed by atoms with van der Waals surface area (Å²) in [6.45, 7) is 1.72. The van der Waals surface area contributed by atoms with Gasteiger partial charge in [0.25, 0.3) is 11.8 Å². The highest BCUT2D eigenvalue weighted by Gasteiger charge is 2.42. The normalized spacial score (nSPS) is 19.9. The Morgan fingerprint density at radius 1 is 1.33 bits per heavy atom. The standard InChI is InChI=1S/C23H22N6O3S/c1-27-11-8-23(32,21(27)31)7-5-15-3-2-4-16(13-15)29-18-6-10-28(22-25-9-12-33-22)14-17(18)19(26-29)20(24)30/h2-4,9,12-13,32H,6,8,10-11,14H2,1H3,(H2,24,30)/t23-/m0/s1. The SMILES string of the molecule is CN1CC[C@@](O)(C#Cc2cccc(-n3nc(C(N)=O)c4c3CCN(c3nccs3)C4)c2)C1=O. The molecule has 1 atom stereocenters. The number of carbonyl (C=O) groups is 2. The van der Waals surface area contributed by atoms with E-state index >= 15 is 0 Å². The molecule has 2 aliphatic heterocycles. The molecule has 2 amide bonds. The topological polar surface area (TPSA) is 118 Å². The monoisotopic (exact) mass is 462 g/mol. The number of rotatable bonds is 3. The predicted molar refractivity (Wildman–Crippen MR) is 123 cm³/mol. The number of nitrogens with zero attached hydrogens (tertiary/aromatic N) is 5. The third-order valence-corrected chi connectivity index (χ3v) is 6.83. The molecular weight excluding hydrogens is 440 g/mol. The number of likely N-dealkylation sites (N-methyl/N-ethyl adjacent to an activating group) is 1. The van der Waals surface area contributed by atoms with Gasteiger partial charge in [0.1, 0.15) is 0 Å². The van der Waals surface area contributed by atoms with E-state index in [-0.39, 0.29) is 18.0 Å². The molecule has 0 aliphatic carbocycles. The van der Waals surface area contributed by atoms with Gasteiger partial charge in [0.15, 0.2) is 10.8 Å². The van der Waals surface area contributed by atoms with E-state index < -0.39 is 11.5 Å². The second-order valence-electron chi connectivity index (χ2n) is 8.17. The Bertz CT molecular complexity index is 1310. The first-order chi connectivity index (χ1) is 15.9. The second-order valence-corrected chi connectivity index (χ2v) is 9.05. The van der Waals surface area contributed by atoms with Gasteiger partial charge in [-0.2, -0.15) is 5.10 Å². The summed E-state index contributed by atoms with van der Waals surface area (Å²) >= 11 is 1.55. The van der Waals surface area contributed by atoms with Gasteiger partial charge in [0.05, 0.1) is 11.4 Å². The van der Waals surface area contributed by atoms with Crippen LogP contribution in [0.1, 0.15) is 33.7 Å². The van der Waals surface area contributed by atoms with Crippen molar-refractivity contribution in [3.05, 3.63) is 58.4 Å². The van der Waals surface area contributed by atoms with E-state index in [9.17, 15) is 14.7 Å². The number of aromatic nitrogens is 3. The van der Waals surface area contributed by atoms with Crippen LogP contribution in [0.3, 0.4) is 0 Å². The van der Waals surface area contributed by atoms with Crippen LogP contribution in [0.2, 0.25) is 0 Å². The fourth-order valence-electron chi connectivity index (χ4n) is 4.23. The van der Waals surface area contributed by atoms with Gasteiger partial charge in [-0.25, -0.2) is 9.67 Å². The van der Waals surface area contributed by atoms with E-state index in [0.717, 1.165) is 28.6 Å². The number of thiazole rings is 1. The van der Waals surface area contributed by atoms with Crippen molar-refractivity contribution >= 4 is 28.3 Å². The van der Waals surface area contributed by atoms with Crippen molar-refractivity contribution in [1.29, 1.82) is 0 Å². The van der Waals surface area contributed by atoms with E-state index in [0.29, 0.717) is 25.1 Å². The van der Waals surface area contributed by atoms with Crippen LogP contribution in [0.25, 0.3) is 5.69 Å². The van der Waals surface area contributed by atoms with E-state index in [1.807, 2.05) is 23.6 Å². The summed E-state index contributed by atoms with van der Waals surface area (Å²) in [5.41, 5.74) is 7.32. The third kappa shape index (κ3) is 3.75. The largest absolute Gasteiger partial charge is 0.369 e. The van der Waals surface area contributed by atoms with Crippen LogP contribution in [-0.4, -0.2) is 62.3 Å². The molecule has 1 fully saturated rings. The number of carbonyl (C=O) groups excluding carboxylic acids is 2. The average molecular weight is 463 g/mol. The summed E-state index contributed by atoms with van der Waals surface area (Å²) in [6, 6.07) is 7.33. The van der Waals surface area contributed by atoms with Crippen LogP contribution in [0.4, 0.5) is 5.13 Å². The number of aliphatic hydroxyl groups is 1. The highest BCUT2D eigenvalue weighted by Crippen LogP contribution is 2.29. The Morgan fingerprint density at radius 2 is 2.18 bits per heavy atom. The molecule has 5 rings (SSSR count). The first-order valence-electron chi connectivity index (χ1n) is 10.5. The quantitative estimate of drug-likeness (QED) is 0.560. The number of nitrogens with two attached hydrogens (primary N) is 1. The minimum absolute atomic E-state index is 0.247. The van der Waals surface area contributed by atoms with Crippen molar-refractivity contribution in [1.82, 2.24) is 19.7 Å². The molecule has 0 bridgehead atoms. The van der Waals surface area contributed by atoms with Gasteiger partial charge in [0, 0.05) is 62.2 Å². The van der Waals surface area contributed by atoms with Crippen LogP contribution in [0.5, 0.6) is 0 Å². The van der Waals surface area contributed by atoms with Gasteiger partial charge in [-0.1, -0.05) is 17.9 Å². The highest BCUT2D eigenvalue weighted by atomic mass is 32.1. The Labute approximate surface area is 194 Å². The Kier molecular flexibility index (Phi) is 5.15. The first kappa shape index (κ1) is 21.2. The Balaban J connectivity index is 1.49. The van der Waals surface area contributed by atoms with Crippen LogP contribution in [0.15, 0.2) is 35.8 Å². The lowest BCUT2D eigenvalue weighted by atomic mass is 10.0. The summed E-state index contributed by atoms with van der Waals surface area (Å²) in [6.07, 6.45) is 2.71. The lowest BCUT2D eigenvalue weighted by Gasteiger charge is -2.27. The van der Waals surface area contributed by atoms with Gasteiger partial charge in [-0.3, -0.25) is 9.59 Å². The number of anilines is 1. The number of hydrogen-bond donors (Lipinski definition) is 2. The molecule has 0 unspecified atom stereocenters. The average Bonchev–Trinajstić information content (AvgIpc) is 3.54. The van der Waals surface area contributed by atoms with Gasteiger partial charge >= 0.3 is 0 Å². The van der Waals surface area contributed by atoms with Crippen LogP contribution in [0, 0.1) is 11.8 Å². The van der Waals surface area contributed by atoms with Crippen molar-refractivity contribution in [2.75, 3.05) is 25.0 Å². The van der Waals surface area contributed by atoms with Gasteiger partial charge in [-0.15, -0.1) is 11.3 Å². The molecule has 4 heterocycles. The van der Waals surface area contributed by atoms with Crippen molar-refractivity contribution in [2.24, 2.45) is 5.73 Å². The van der Waals surface area contributed by atoms with E-state index in [2.05, 4.69) is 26.8 Å². The van der Waals surface area contributed by atoms with Crippen molar-refractivity contribution in [3.8, 4) is 17.5 Å². The molecule has 2 aliphatic rings. The lowest BCUT2D eigenvalue weighted by molar-refractivity contribution is -0.137. The molecule has 0 radical (unpaired) electrons. The number of primary amides is 1. The Morgan fingerprint density at radius 3 is 2.88 bits per heavy atom. The summed E-state index contributed by atoms with van der Waals surface area (Å²) in [5, 5.41) is 17.9. The van der Waals surface area contributed by atoms with Crippen LogP contribution in [-0.2, 0) is 17.8 Å². The van der Waals surface area contributed by atoms with Crippen LogP contribution >= 0.6 is 11.3 Å². The molecule has 2 aromatic heterocycles. The zero-order valence-electron chi connectivity index (χ0n) is 18.0. The number of hydrogen-bond acceptors (Lipinski definition) is 7. The molecule has 0 spiro atoms. The molecule has 10 heteroatoms. The molecule has 1 saturated heterocycles. The Hall–Kier alpha value is -3.68. The van der Waals surface area contributed by atoms with E-state index in [1.54, 1.807) is 35.3 Å².